The Balaban J connectivity index is 2.12. The van der Waals surface area contributed by atoms with Crippen LogP contribution in [0.15, 0.2) is 24.5 Å². The van der Waals surface area contributed by atoms with E-state index in [1.54, 1.807) is 11.3 Å². The number of aryl methyl sites for hydroxylation is 1. The molecule has 0 bridgehead atoms. The first kappa shape index (κ1) is 13.6. The third-order valence-corrected chi connectivity index (χ3v) is 4.23. The SMILES string of the molecule is CCCNC(Cc1nccn1C)c1ccc(Cl)s1. The van der Waals surface area contributed by atoms with E-state index in [9.17, 15) is 0 Å². The number of hydrogen-bond acceptors (Lipinski definition) is 3. The van der Waals surface area contributed by atoms with Crippen molar-refractivity contribution in [3.05, 3.63) is 39.6 Å². The Morgan fingerprint density at radius 1 is 1.50 bits per heavy atom. The van der Waals surface area contributed by atoms with Crippen LogP contribution in [0.25, 0.3) is 0 Å². The highest BCUT2D eigenvalue weighted by atomic mass is 35.5. The second-order valence-corrected chi connectivity index (χ2v) is 6.05. The number of nitrogens with zero attached hydrogens (tertiary/aromatic N) is 2. The zero-order valence-corrected chi connectivity index (χ0v) is 12.3. The molecule has 0 aromatic carbocycles. The van der Waals surface area contributed by atoms with Crippen LogP contribution in [-0.2, 0) is 13.5 Å². The minimum Gasteiger partial charge on any atom is -0.338 e. The van der Waals surface area contributed by atoms with Crippen molar-refractivity contribution >= 4 is 22.9 Å². The summed E-state index contributed by atoms with van der Waals surface area (Å²) in [5.74, 6) is 1.09. The Kier molecular flexibility index (Phi) is 4.80. The van der Waals surface area contributed by atoms with Crippen LogP contribution < -0.4 is 5.32 Å². The van der Waals surface area contributed by atoms with Crippen molar-refractivity contribution in [2.45, 2.75) is 25.8 Å². The van der Waals surface area contributed by atoms with Gasteiger partial charge in [-0.1, -0.05) is 18.5 Å². The van der Waals surface area contributed by atoms with Crippen molar-refractivity contribution in [1.29, 1.82) is 0 Å². The lowest BCUT2D eigenvalue weighted by Crippen LogP contribution is -2.24. The van der Waals surface area contributed by atoms with Crippen LogP contribution in [0.2, 0.25) is 4.34 Å². The largest absolute Gasteiger partial charge is 0.338 e. The number of imidazole rings is 1. The van der Waals surface area contributed by atoms with E-state index >= 15 is 0 Å². The summed E-state index contributed by atoms with van der Waals surface area (Å²) in [6, 6.07) is 4.35. The maximum absolute atomic E-state index is 6.02. The molecule has 5 heteroatoms. The molecule has 1 atom stereocenters. The first-order valence-electron chi connectivity index (χ1n) is 6.15. The average Bonchev–Trinajstić information content (AvgIpc) is 2.94. The van der Waals surface area contributed by atoms with Gasteiger partial charge >= 0.3 is 0 Å². The fourth-order valence-electron chi connectivity index (χ4n) is 1.88. The number of halogens is 1. The second kappa shape index (κ2) is 6.36. The number of rotatable bonds is 6. The minimum absolute atomic E-state index is 0.295. The third-order valence-electron chi connectivity index (χ3n) is 2.89. The molecule has 1 unspecified atom stereocenters. The van der Waals surface area contributed by atoms with Crippen LogP contribution in [-0.4, -0.2) is 16.1 Å². The van der Waals surface area contributed by atoms with Crippen LogP contribution in [0.3, 0.4) is 0 Å². The first-order chi connectivity index (χ1) is 8.70. The molecule has 0 amide bonds. The summed E-state index contributed by atoms with van der Waals surface area (Å²) in [6.45, 7) is 3.18. The van der Waals surface area contributed by atoms with Crippen molar-refractivity contribution in [1.82, 2.24) is 14.9 Å². The van der Waals surface area contributed by atoms with Gasteiger partial charge in [0, 0.05) is 36.8 Å². The van der Waals surface area contributed by atoms with E-state index in [1.807, 2.05) is 25.5 Å². The Morgan fingerprint density at radius 2 is 2.33 bits per heavy atom. The molecule has 1 N–H and O–H groups in total. The summed E-state index contributed by atoms with van der Waals surface area (Å²) in [5.41, 5.74) is 0. The smallest absolute Gasteiger partial charge is 0.110 e. The van der Waals surface area contributed by atoms with E-state index < -0.39 is 0 Å². The van der Waals surface area contributed by atoms with E-state index in [0.29, 0.717) is 6.04 Å². The average molecular weight is 284 g/mol. The van der Waals surface area contributed by atoms with Crippen LogP contribution in [0.4, 0.5) is 0 Å². The van der Waals surface area contributed by atoms with Gasteiger partial charge in [0.1, 0.15) is 5.82 Å². The zero-order valence-electron chi connectivity index (χ0n) is 10.7. The monoisotopic (exact) mass is 283 g/mol. The van der Waals surface area contributed by atoms with Crippen LogP contribution in [0.1, 0.15) is 30.1 Å². The molecule has 0 radical (unpaired) electrons. The molecular formula is C13H18ClN3S. The molecule has 0 saturated carbocycles. The van der Waals surface area contributed by atoms with Gasteiger partial charge in [0.2, 0.25) is 0 Å². The van der Waals surface area contributed by atoms with E-state index in [0.717, 1.165) is 29.5 Å². The fraction of sp³-hybridized carbons (Fsp3) is 0.462. The quantitative estimate of drug-likeness (QED) is 0.880. The van der Waals surface area contributed by atoms with Crippen molar-refractivity contribution in [2.75, 3.05) is 6.54 Å². The van der Waals surface area contributed by atoms with Crippen LogP contribution in [0, 0.1) is 0 Å². The Hall–Kier alpha value is -0.840. The standard InChI is InChI=1S/C13H18ClN3S/c1-3-6-15-10(11-4-5-12(14)18-11)9-13-16-7-8-17(13)2/h4-5,7-8,10,15H,3,6,9H2,1-2H3. The summed E-state index contributed by atoms with van der Waals surface area (Å²) < 4.78 is 2.91. The summed E-state index contributed by atoms with van der Waals surface area (Å²) in [5, 5.41) is 3.56. The number of nitrogens with one attached hydrogen (secondary N) is 1. The van der Waals surface area contributed by atoms with Gasteiger partial charge in [-0.05, 0) is 25.1 Å². The van der Waals surface area contributed by atoms with Crippen molar-refractivity contribution in [3.8, 4) is 0 Å². The normalized spacial score (nSPS) is 12.8. The van der Waals surface area contributed by atoms with E-state index in [1.165, 1.54) is 4.88 Å². The van der Waals surface area contributed by atoms with Crippen LogP contribution >= 0.6 is 22.9 Å². The molecule has 0 aliphatic heterocycles. The molecular weight excluding hydrogens is 266 g/mol. The second-order valence-electron chi connectivity index (χ2n) is 4.31. The molecule has 18 heavy (non-hydrogen) atoms. The highest BCUT2D eigenvalue weighted by Gasteiger charge is 2.15. The lowest BCUT2D eigenvalue weighted by atomic mass is 10.1. The van der Waals surface area contributed by atoms with E-state index in [2.05, 4.69) is 27.9 Å². The predicted octanol–water partition coefficient (Wildman–Crippen LogP) is 3.42. The van der Waals surface area contributed by atoms with Gasteiger partial charge < -0.3 is 9.88 Å². The highest BCUT2D eigenvalue weighted by molar-refractivity contribution is 7.16. The number of hydrogen-bond donors (Lipinski definition) is 1. The van der Waals surface area contributed by atoms with Gasteiger partial charge in [-0.25, -0.2) is 4.98 Å². The van der Waals surface area contributed by atoms with Crippen molar-refractivity contribution in [2.24, 2.45) is 7.05 Å². The van der Waals surface area contributed by atoms with Gasteiger partial charge in [-0.15, -0.1) is 11.3 Å². The highest BCUT2D eigenvalue weighted by Crippen LogP contribution is 2.28. The molecule has 2 heterocycles. The maximum Gasteiger partial charge on any atom is 0.110 e. The van der Waals surface area contributed by atoms with Crippen molar-refractivity contribution in [3.63, 3.8) is 0 Å². The lowest BCUT2D eigenvalue weighted by molar-refractivity contribution is 0.519. The first-order valence-corrected chi connectivity index (χ1v) is 7.35. The Labute approximate surface area is 117 Å². The topological polar surface area (TPSA) is 29.9 Å². The molecule has 3 nitrogen and oxygen atoms in total. The molecule has 0 aliphatic carbocycles. The number of aromatic nitrogens is 2. The molecule has 0 aliphatic rings. The zero-order chi connectivity index (χ0) is 13.0. The molecule has 2 rings (SSSR count). The van der Waals surface area contributed by atoms with E-state index in [4.69, 9.17) is 11.6 Å². The van der Waals surface area contributed by atoms with Gasteiger partial charge in [-0.3, -0.25) is 0 Å². The minimum atomic E-state index is 0.295. The summed E-state index contributed by atoms with van der Waals surface area (Å²) in [7, 11) is 2.03. The van der Waals surface area contributed by atoms with Crippen molar-refractivity contribution < 1.29 is 0 Å². The van der Waals surface area contributed by atoms with Gasteiger partial charge in [0.05, 0.1) is 4.34 Å². The van der Waals surface area contributed by atoms with Gasteiger partial charge in [0.15, 0.2) is 0 Å². The molecule has 0 fully saturated rings. The molecule has 0 spiro atoms. The number of thiophene rings is 1. The fourth-order valence-corrected chi connectivity index (χ4v) is 3.02. The summed E-state index contributed by atoms with van der Waals surface area (Å²) in [4.78, 5) is 5.67. The summed E-state index contributed by atoms with van der Waals surface area (Å²) >= 11 is 7.66. The lowest BCUT2D eigenvalue weighted by Gasteiger charge is -2.16. The Bertz CT molecular complexity index is 492. The van der Waals surface area contributed by atoms with E-state index in [-0.39, 0.29) is 0 Å². The maximum atomic E-state index is 6.02. The van der Waals surface area contributed by atoms with Crippen LogP contribution in [0.5, 0.6) is 0 Å². The third kappa shape index (κ3) is 3.34. The molecule has 2 aromatic heterocycles. The summed E-state index contributed by atoms with van der Waals surface area (Å²) in [6.07, 6.45) is 5.83. The molecule has 0 saturated heterocycles. The molecule has 2 aromatic rings. The van der Waals surface area contributed by atoms with Gasteiger partial charge in [0.25, 0.3) is 0 Å². The molecule has 98 valence electrons. The van der Waals surface area contributed by atoms with Gasteiger partial charge in [-0.2, -0.15) is 0 Å². The Morgan fingerprint density at radius 3 is 2.89 bits per heavy atom. The predicted molar refractivity (Wildman–Crippen MR) is 77.3 cm³/mol.